The Morgan fingerprint density at radius 2 is 1.97 bits per heavy atom. The first-order valence-corrected chi connectivity index (χ1v) is 10.3. The monoisotopic (exact) mass is 431 g/mol. The number of aromatic hydroxyl groups is 1. The van der Waals surface area contributed by atoms with Gasteiger partial charge >= 0.3 is 0 Å². The standard InChI is InChI=1S/C22H30FN5O3/c1-22(2,3)18(21(31)24-4)26-20(30)17-15-12-27(5)9-6-10-28(15)19(25-17)14-8-7-13(23)11-16(14)29/h7-8,11,18,29H,6,9-10,12H2,1-5H3,(H,24,31)(H,26,30)/t18-/m1/s1. The highest BCUT2D eigenvalue weighted by Gasteiger charge is 2.34. The van der Waals surface area contributed by atoms with Crippen molar-refractivity contribution in [3.63, 3.8) is 0 Å². The van der Waals surface area contributed by atoms with Crippen molar-refractivity contribution in [1.82, 2.24) is 25.1 Å². The van der Waals surface area contributed by atoms with Gasteiger partial charge in [-0.3, -0.25) is 9.59 Å². The maximum absolute atomic E-state index is 13.5. The van der Waals surface area contributed by atoms with Crippen LogP contribution in [0.4, 0.5) is 4.39 Å². The Bertz CT molecular complexity index is 996. The SMILES string of the molecule is CNC(=O)[C@@H](NC(=O)c1nc(-c2ccc(F)cc2O)n2c1CN(C)CCC2)C(C)(C)C. The number of nitrogens with one attached hydrogen (secondary N) is 2. The molecule has 0 saturated heterocycles. The van der Waals surface area contributed by atoms with Crippen molar-refractivity contribution in [2.45, 2.75) is 46.3 Å². The third-order valence-electron chi connectivity index (χ3n) is 5.48. The number of carbonyl (C=O) groups is 2. The largest absolute Gasteiger partial charge is 0.507 e. The van der Waals surface area contributed by atoms with E-state index in [0.717, 1.165) is 19.0 Å². The lowest BCUT2D eigenvalue weighted by Crippen LogP contribution is -2.53. The van der Waals surface area contributed by atoms with E-state index in [0.29, 0.717) is 30.2 Å². The van der Waals surface area contributed by atoms with Crippen molar-refractivity contribution in [1.29, 1.82) is 0 Å². The van der Waals surface area contributed by atoms with E-state index in [1.54, 1.807) is 0 Å². The quantitative estimate of drug-likeness (QED) is 0.689. The second kappa shape index (κ2) is 8.66. The number of benzene rings is 1. The average Bonchev–Trinajstić information content (AvgIpc) is 2.90. The molecule has 168 valence electrons. The highest BCUT2D eigenvalue weighted by Crippen LogP contribution is 2.32. The number of nitrogens with zero attached hydrogens (tertiary/aromatic N) is 3. The molecular weight excluding hydrogens is 401 g/mol. The van der Waals surface area contributed by atoms with Gasteiger partial charge in [0.05, 0.1) is 11.3 Å². The van der Waals surface area contributed by atoms with Crippen molar-refractivity contribution in [2.75, 3.05) is 20.6 Å². The lowest BCUT2D eigenvalue weighted by Gasteiger charge is -2.29. The number of rotatable bonds is 4. The fourth-order valence-corrected chi connectivity index (χ4v) is 3.82. The van der Waals surface area contributed by atoms with E-state index < -0.39 is 23.2 Å². The number of aromatic nitrogens is 2. The predicted molar refractivity (Wildman–Crippen MR) is 115 cm³/mol. The second-order valence-corrected chi connectivity index (χ2v) is 9.02. The molecule has 0 unspecified atom stereocenters. The van der Waals surface area contributed by atoms with Gasteiger partial charge in [0.1, 0.15) is 23.4 Å². The van der Waals surface area contributed by atoms with Crippen molar-refractivity contribution in [3.05, 3.63) is 35.4 Å². The molecule has 8 nitrogen and oxygen atoms in total. The van der Waals surface area contributed by atoms with Gasteiger partial charge in [-0.15, -0.1) is 0 Å². The third-order valence-corrected chi connectivity index (χ3v) is 5.48. The molecule has 1 aromatic carbocycles. The fourth-order valence-electron chi connectivity index (χ4n) is 3.82. The van der Waals surface area contributed by atoms with Gasteiger partial charge in [-0.05, 0) is 37.6 Å². The molecule has 31 heavy (non-hydrogen) atoms. The Balaban J connectivity index is 2.08. The van der Waals surface area contributed by atoms with Gasteiger partial charge in [-0.25, -0.2) is 9.37 Å². The zero-order valence-corrected chi connectivity index (χ0v) is 18.6. The summed E-state index contributed by atoms with van der Waals surface area (Å²) in [7, 11) is 3.49. The fraction of sp³-hybridized carbons (Fsp3) is 0.500. The lowest BCUT2D eigenvalue weighted by molar-refractivity contribution is -0.124. The molecule has 3 N–H and O–H groups in total. The highest BCUT2D eigenvalue weighted by atomic mass is 19.1. The van der Waals surface area contributed by atoms with E-state index in [-0.39, 0.29) is 17.4 Å². The molecule has 1 atom stereocenters. The number of phenols is 1. The highest BCUT2D eigenvalue weighted by molar-refractivity contribution is 5.98. The smallest absolute Gasteiger partial charge is 0.272 e. The van der Waals surface area contributed by atoms with Gasteiger partial charge in [-0.1, -0.05) is 20.8 Å². The molecule has 1 aliphatic rings. The first kappa shape index (κ1) is 22.7. The number of carbonyl (C=O) groups excluding carboxylic acids is 2. The molecule has 3 rings (SSSR count). The number of imidazole rings is 1. The molecule has 0 radical (unpaired) electrons. The van der Waals surface area contributed by atoms with E-state index in [1.807, 2.05) is 32.4 Å². The zero-order chi connectivity index (χ0) is 22.9. The van der Waals surface area contributed by atoms with Crippen LogP contribution in [-0.4, -0.2) is 58.1 Å². The van der Waals surface area contributed by atoms with Crippen LogP contribution in [0.1, 0.15) is 43.4 Å². The number of halogens is 1. The van der Waals surface area contributed by atoms with E-state index in [9.17, 15) is 19.1 Å². The first-order chi connectivity index (χ1) is 14.5. The molecule has 0 saturated carbocycles. The van der Waals surface area contributed by atoms with E-state index in [4.69, 9.17) is 0 Å². The molecule has 2 amide bonds. The zero-order valence-electron chi connectivity index (χ0n) is 18.6. The molecule has 1 aliphatic heterocycles. The Morgan fingerprint density at radius 1 is 1.26 bits per heavy atom. The number of amides is 2. The maximum Gasteiger partial charge on any atom is 0.272 e. The first-order valence-electron chi connectivity index (χ1n) is 10.3. The van der Waals surface area contributed by atoms with Gasteiger partial charge in [-0.2, -0.15) is 0 Å². The summed E-state index contributed by atoms with van der Waals surface area (Å²) < 4.78 is 15.4. The summed E-state index contributed by atoms with van der Waals surface area (Å²) in [5.41, 5.74) is 0.734. The summed E-state index contributed by atoms with van der Waals surface area (Å²) in [6, 6.07) is 2.98. The lowest BCUT2D eigenvalue weighted by atomic mass is 9.86. The number of hydrogen-bond donors (Lipinski definition) is 3. The Hall–Kier alpha value is -2.94. The number of hydrogen-bond acceptors (Lipinski definition) is 5. The van der Waals surface area contributed by atoms with E-state index in [1.165, 1.54) is 19.2 Å². The van der Waals surface area contributed by atoms with Gasteiger partial charge in [0.2, 0.25) is 5.91 Å². The van der Waals surface area contributed by atoms with Crippen molar-refractivity contribution >= 4 is 11.8 Å². The Morgan fingerprint density at radius 3 is 2.58 bits per heavy atom. The van der Waals surface area contributed by atoms with Crippen LogP contribution in [0.25, 0.3) is 11.4 Å². The normalized spacial score (nSPS) is 15.7. The summed E-state index contributed by atoms with van der Waals surface area (Å²) in [4.78, 5) is 32.3. The summed E-state index contributed by atoms with van der Waals surface area (Å²) in [5.74, 6) is -1.15. The molecular formula is C22H30FN5O3. The van der Waals surface area contributed by atoms with Crippen LogP contribution in [0.5, 0.6) is 5.75 Å². The average molecular weight is 432 g/mol. The van der Waals surface area contributed by atoms with Crippen LogP contribution in [0.3, 0.4) is 0 Å². The Kier molecular flexibility index (Phi) is 6.35. The van der Waals surface area contributed by atoms with Crippen molar-refractivity contribution in [3.8, 4) is 17.1 Å². The van der Waals surface area contributed by atoms with Crippen LogP contribution in [-0.2, 0) is 17.9 Å². The van der Waals surface area contributed by atoms with Crippen molar-refractivity contribution < 1.29 is 19.1 Å². The Labute approximate surface area is 181 Å². The topological polar surface area (TPSA) is 99.5 Å². The summed E-state index contributed by atoms with van der Waals surface area (Å²) in [6.07, 6.45) is 0.832. The maximum atomic E-state index is 13.5. The summed E-state index contributed by atoms with van der Waals surface area (Å²) in [5, 5.41) is 15.7. The van der Waals surface area contributed by atoms with Gasteiger partial charge < -0.3 is 25.2 Å². The van der Waals surface area contributed by atoms with E-state index in [2.05, 4.69) is 20.5 Å². The molecule has 0 fully saturated rings. The van der Waals surface area contributed by atoms with Crippen LogP contribution >= 0.6 is 0 Å². The van der Waals surface area contributed by atoms with Crippen LogP contribution in [0, 0.1) is 11.2 Å². The molecule has 0 bridgehead atoms. The number of phenolic OH excluding ortho intramolecular Hbond substituents is 1. The second-order valence-electron chi connectivity index (χ2n) is 9.02. The summed E-state index contributed by atoms with van der Waals surface area (Å²) in [6.45, 7) is 7.53. The minimum absolute atomic E-state index is 0.200. The van der Waals surface area contributed by atoms with Crippen LogP contribution in [0.2, 0.25) is 0 Å². The third kappa shape index (κ3) is 4.71. The minimum Gasteiger partial charge on any atom is -0.507 e. The number of fused-ring (bicyclic) bond motifs is 1. The van der Waals surface area contributed by atoms with Crippen LogP contribution < -0.4 is 10.6 Å². The van der Waals surface area contributed by atoms with E-state index >= 15 is 0 Å². The van der Waals surface area contributed by atoms with Gasteiger partial charge in [0.25, 0.3) is 5.91 Å². The van der Waals surface area contributed by atoms with Crippen molar-refractivity contribution in [2.24, 2.45) is 5.41 Å². The predicted octanol–water partition coefficient (Wildman–Crippen LogP) is 2.12. The van der Waals surface area contributed by atoms with Gasteiger partial charge in [0, 0.05) is 26.2 Å². The number of likely N-dealkylation sites (N-methyl/N-ethyl adjacent to an activating group) is 1. The molecule has 2 heterocycles. The molecule has 2 aromatic rings. The molecule has 0 aliphatic carbocycles. The summed E-state index contributed by atoms with van der Waals surface area (Å²) >= 11 is 0. The molecule has 9 heteroatoms. The molecule has 0 spiro atoms. The van der Waals surface area contributed by atoms with Crippen LogP contribution in [0.15, 0.2) is 18.2 Å². The van der Waals surface area contributed by atoms with Gasteiger partial charge in [0.15, 0.2) is 5.69 Å². The molecule has 1 aromatic heterocycles. The minimum atomic E-state index is -0.756.